The van der Waals surface area contributed by atoms with Crippen molar-refractivity contribution in [1.82, 2.24) is 4.90 Å². The number of ether oxygens (including phenoxy) is 1. The van der Waals surface area contributed by atoms with Gasteiger partial charge in [-0.05, 0) is 38.1 Å². The van der Waals surface area contributed by atoms with Gasteiger partial charge in [-0.15, -0.1) is 24.0 Å². The second-order valence-corrected chi connectivity index (χ2v) is 5.01. The Morgan fingerprint density at radius 1 is 1.52 bits per heavy atom. The molecule has 21 heavy (non-hydrogen) atoms. The molecule has 0 aromatic heterocycles. The van der Waals surface area contributed by atoms with Crippen LogP contribution >= 0.6 is 24.0 Å². The van der Waals surface area contributed by atoms with Gasteiger partial charge in [0, 0.05) is 17.8 Å². The van der Waals surface area contributed by atoms with Gasteiger partial charge in [-0.2, -0.15) is 0 Å². The molecule has 0 saturated carbocycles. The van der Waals surface area contributed by atoms with Gasteiger partial charge in [-0.1, -0.05) is 13.0 Å². The average molecular weight is 404 g/mol. The van der Waals surface area contributed by atoms with Gasteiger partial charge in [-0.3, -0.25) is 9.89 Å². The Morgan fingerprint density at radius 3 is 3.05 bits per heavy atom. The Hall–Kier alpha value is -1.02. The van der Waals surface area contributed by atoms with Gasteiger partial charge in [0.2, 0.25) is 0 Å². The summed E-state index contributed by atoms with van der Waals surface area (Å²) in [5.41, 5.74) is 6.83. The van der Waals surface area contributed by atoms with E-state index in [1.807, 2.05) is 24.3 Å². The van der Waals surface area contributed by atoms with Gasteiger partial charge in [0.05, 0.1) is 13.7 Å². The molecule has 0 spiro atoms. The first-order chi connectivity index (χ1) is 9.72. The molecule has 0 radical (unpaired) electrons. The van der Waals surface area contributed by atoms with Crippen molar-refractivity contribution in [2.45, 2.75) is 25.8 Å². The zero-order valence-electron chi connectivity index (χ0n) is 12.7. The van der Waals surface area contributed by atoms with Crippen molar-refractivity contribution >= 4 is 35.6 Å². The van der Waals surface area contributed by atoms with Crippen LogP contribution in [0.5, 0.6) is 5.75 Å². The molecule has 2 rings (SSSR count). The third-order valence-electron chi connectivity index (χ3n) is 3.72. The van der Waals surface area contributed by atoms with Crippen LogP contribution in [0, 0.1) is 0 Å². The zero-order chi connectivity index (χ0) is 14.4. The van der Waals surface area contributed by atoms with E-state index < -0.39 is 0 Å². The fraction of sp³-hybridized carbons (Fsp3) is 0.533. The minimum absolute atomic E-state index is 0. The van der Waals surface area contributed by atoms with E-state index in [4.69, 9.17) is 10.5 Å². The van der Waals surface area contributed by atoms with Crippen LogP contribution < -0.4 is 15.8 Å². The Balaban J connectivity index is 0.00000220. The highest BCUT2D eigenvalue weighted by molar-refractivity contribution is 14.0. The monoisotopic (exact) mass is 404 g/mol. The molecule has 1 aliphatic rings. The van der Waals surface area contributed by atoms with Crippen molar-refractivity contribution in [3.8, 4) is 5.75 Å². The summed E-state index contributed by atoms with van der Waals surface area (Å²) in [4.78, 5) is 6.92. The quantitative estimate of drug-likeness (QED) is 0.450. The molecule has 6 heteroatoms. The number of halogens is 1. The van der Waals surface area contributed by atoms with E-state index in [1.54, 1.807) is 7.11 Å². The van der Waals surface area contributed by atoms with Gasteiger partial charge in [-0.25, -0.2) is 0 Å². The molecule has 1 aromatic carbocycles. The van der Waals surface area contributed by atoms with Crippen LogP contribution in [0.2, 0.25) is 0 Å². The van der Waals surface area contributed by atoms with E-state index in [0.717, 1.165) is 24.5 Å². The lowest BCUT2D eigenvalue weighted by molar-refractivity contribution is 0.273. The average Bonchev–Trinajstić information content (AvgIpc) is 2.93. The lowest BCUT2D eigenvalue weighted by Gasteiger charge is -2.21. The molecule has 1 unspecified atom stereocenters. The second kappa shape index (κ2) is 9.09. The largest absolute Gasteiger partial charge is 0.497 e. The summed E-state index contributed by atoms with van der Waals surface area (Å²) in [5, 5.41) is 3.10. The second-order valence-electron chi connectivity index (χ2n) is 5.01. The molecule has 1 aromatic rings. The first kappa shape index (κ1) is 18.0. The summed E-state index contributed by atoms with van der Waals surface area (Å²) < 4.78 is 5.18. The van der Waals surface area contributed by atoms with E-state index in [9.17, 15) is 0 Å². The molecule has 1 saturated heterocycles. The maximum Gasteiger partial charge on any atom is 0.193 e. The summed E-state index contributed by atoms with van der Waals surface area (Å²) in [6.07, 6.45) is 2.47. The Morgan fingerprint density at radius 2 is 2.33 bits per heavy atom. The summed E-state index contributed by atoms with van der Waals surface area (Å²) in [5.74, 6) is 1.26. The minimum Gasteiger partial charge on any atom is -0.497 e. The molecule has 1 aliphatic heterocycles. The van der Waals surface area contributed by atoms with E-state index in [1.165, 1.54) is 19.4 Å². The zero-order valence-corrected chi connectivity index (χ0v) is 15.0. The number of hydrogen-bond acceptors (Lipinski definition) is 3. The van der Waals surface area contributed by atoms with Crippen molar-refractivity contribution in [2.24, 2.45) is 10.7 Å². The van der Waals surface area contributed by atoms with E-state index in [2.05, 4.69) is 22.1 Å². The number of likely N-dealkylation sites (N-methyl/N-ethyl adjacent to an activating group) is 1. The maximum absolute atomic E-state index is 5.94. The van der Waals surface area contributed by atoms with Crippen LogP contribution in [-0.4, -0.2) is 43.6 Å². The number of anilines is 1. The molecule has 1 heterocycles. The smallest absolute Gasteiger partial charge is 0.193 e. The topological polar surface area (TPSA) is 62.9 Å². The van der Waals surface area contributed by atoms with Crippen LogP contribution in [0.4, 0.5) is 5.69 Å². The Labute approximate surface area is 144 Å². The highest BCUT2D eigenvalue weighted by Gasteiger charge is 2.22. The highest BCUT2D eigenvalue weighted by Crippen LogP contribution is 2.18. The third-order valence-corrected chi connectivity index (χ3v) is 3.72. The third kappa shape index (κ3) is 5.35. The van der Waals surface area contributed by atoms with E-state index in [-0.39, 0.29) is 24.0 Å². The molecular formula is C15H25IN4O. The number of benzene rings is 1. The van der Waals surface area contributed by atoms with Crippen molar-refractivity contribution in [3.05, 3.63) is 24.3 Å². The Bertz CT molecular complexity index is 467. The van der Waals surface area contributed by atoms with E-state index in [0.29, 0.717) is 12.0 Å². The van der Waals surface area contributed by atoms with Gasteiger partial charge >= 0.3 is 0 Å². The summed E-state index contributed by atoms with van der Waals surface area (Å²) in [6.45, 7) is 5.22. The van der Waals surface area contributed by atoms with Gasteiger partial charge < -0.3 is 15.8 Å². The van der Waals surface area contributed by atoms with Crippen molar-refractivity contribution in [3.63, 3.8) is 0 Å². The minimum atomic E-state index is 0. The molecule has 1 fully saturated rings. The molecular weight excluding hydrogens is 379 g/mol. The van der Waals surface area contributed by atoms with Crippen LogP contribution in [0.3, 0.4) is 0 Å². The summed E-state index contributed by atoms with van der Waals surface area (Å²) in [7, 11) is 1.65. The van der Waals surface area contributed by atoms with Crippen molar-refractivity contribution in [1.29, 1.82) is 0 Å². The predicted octanol–water partition coefficient (Wildman–Crippen LogP) is 2.52. The van der Waals surface area contributed by atoms with Gasteiger partial charge in [0.1, 0.15) is 5.75 Å². The molecule has 5 nitrogen and oxygen atoms in total. The molecule has 0 aliphatic carbocycles. The number of nitrogens with one attached hydrogen (secondary N) is 1. The van der Waals surface area contributed by atoms with Crippen molar-refractivity contribution in [2.75, 3.05) is 32.1 Å². The van der Waals surface area contributed by atoms with Crippen molar-refractivity contribution < 1.29 is 4.74 Å². The maximum atomic E-state index is 5.94. The Kier molecular flexibility index (Phi) is 7.81. The van der Waals surface area contributed by atoms with Crippen LogP contribution in [0.15, 0.2) is 29.3 Å². The summed E-state index contributed by atoms with van der Waals surface area (Å²) >= 11 is 0. The van der Waals surface area contributed by atoms with E-state index >= 15 is 0 Å². The number of nitrogens with two attached hydrogens (primary N) is 1. The lowest BCUT2D eigenvalue weighted by Crippen LogP contribution is -2.33. The fourth-order valence-corrected chi connectivity index (χ4v) is 2.61. The number of hydrogen-bond donors (Lipinski definition) is 2. The number of aliphatic imine (C=N–C) groups is 1. The molecule has 3 N–H and O–H groups in total. The molecule has 0 bridgehead atoms. The number of rotatable bonds is 5. The molecule has 118 valence electrons. The lowest BCUT2D eigenvalue weighted by atomic mass is 10.2. The summed E-state index contributed by atoms with van der Waals surface area (Å²) in [6, 6.07) is 8.20. The first-order valence-electron chi connectivity index (χ1n) is 7.18. The SMILES string of the molecule is CCN1CCCC1CN=C(N)Nc1cccc(OC)c1.I. The van der Waals surface area contributed by atoms with Gasteiger partial charge in [0.15, 0.2) is 5.96 Å². The van der Waals surface area contributed by atoms with Crippen LogP contribution in [-0.2, 0) is 0 Å². The number of methoxy groups -OCH3 is 1. The predicted molar refractivity (Wildman–Crippen MR) is 98.8 cm³/mol. The van der Waals surface area contributed by atoms with Crippen LogP contribution in [0.25, 0.3) is 0 Å². The highest BCUT2D eigenvalue weighted by atomic mass is 127. The molecule has 1 atom stereocenters. The number of likely N-dealkylation sites (tertiary alicyclic amines) is 1. The fourth-order valence-electron chi connectivity index (χ4n) is 2.61. The normalized spacial score (nSPS) is 19.1. The number of nitrogens with zero attached hydrogens (tertiary/aromatic N) is 2. The van der Waals surface area contributed by atoms with Crippen LogP contribution in [0.1, 0.15) is 19.8 Å². The standard InChI is InChI=1S/C15H24N4O.HI/c1-3-19-9-5-7-13(19)11-17-15(16)18-12-6-4-8-14(10-12)20-2;/h4,6,8,10,13H,3,5,7,9,11H2,1-2H3,(H3,16,17,18);1H. The molecule has 0 amide bonds. The first-order valence-corrected chi connectivity index (χ1v) is 7.18. The number of guanidine groups is 1. The van der Waals surface area contributed by atoms with Gasteiger partial charge in [0.25, 0.3) is 0 Å².